The van der Waals surface area contributed by atoms with Gasteiger partial charge in [-0.3, -0.25) is 4.79 Å². The summed E-state index contributed by atoms with van der Waals surface area (Å²) in [6.07, 6.45) is 6.00. The van der Waals surface area contributed by atoms with E-state index in [1.807, 2.05) is 7.05 Å². The van der Waals surface area contributed by atoms with E-state index >= 15 is 0 Å². The van der Waals surface area contributed by atoms with Crippen LogP contribution in [0.2, 0.25) is 0 Å². The zero-order valence-corrected chi connectivity index (χ0v) is 12.4. The van der Waals surface area contributed by atoms with E-state index in [1.165, 1.54) is 36.1 Å². The molecule has 1 aliphatic carbocycles. The summed E-state index contributed by atoms with van der Waals surface area (Å²) in [4.78, 5) is 17.1. The molecule has 0 bridgehead atoms. The second-order valence-corrected chi connectivity index (χ2v) is 6.87. The maximum atomic E-state index is 12.6. The highest BCUT2D eigenvalue weighted by Crippen LogP contribution is 2.31. The minimum Gasteiger partial charge on any atom is -0.338 e. The Morgan fingerprint density at radius 3 is 3.16 bits per heavy atom. The monoisotopic (exact) mass is 278 g/mol. The molecule has 0 radical (unpaired) electrons. The van der Waals surface area contributed by atoms with Gasteiger partial charge in [-0.15, -0.1) is 11.3 Å². The van der Waals surface area contributed by atoms with E-state index in [0.29, 0.717) is 5.92 Å². The smallest absolute Gasteiger partial charge is 0.263 e. The molecule has 1 aromatic heterocycles. The Labute approximate surface area is 119 Å². The molecule has 2 heterocycles. The van der Waals surface area contributed by atoms with Crippen LogP contribution in [0.1, 0.15) is 39.4 Å². The van der Waals surface area contributed by atoms with Crippen LogP contribution in [0.15, 0.2) is 6.07 Å². The Bertz CT molecular complexity index is 445. The van der Waals surface area contributed by atoms with Crippen molar-refractivity contribution in [2.45, 2.75) is 32.1 Å². The van der Waals surface area contributed by atoms with Crippen LogP contribution >= 0.6 is 11.3 Å². The molecule has 1 aromatic rings. The van der Waals surface area contributed by atoms with Crippen LogP contribution in [0.25, 0.3) is 0 Å². The molecule has 2 aliphatic rings. The molecule has 1 fully saturated rings. The average Bonchev–Trinajstić information content (AvgIpc) is 2.99. The lowest BCUT2D eigenvalue weighted by Gasteiger charge is -2.32. The van der Waals surface area contributed by atoms with Gasteiger partial charge in [-0.1, -0.05) is 0 Å². The highest BCUT2D eigenvalue weighted by molar-refractivity contribution is 7.14. The van der Waals surface area contributed by atoms with Gasteiger partial charge >= 0.3 is 0 Å². The third-order valence-electron chi connectivity index (χ3n) is 4.26. The lowest BCUT2D eigenvalue weighted by molar-refractivity contribution is 0.0679. The number of thiophene rings is 1. The molecule has 1 saturated heterocycles. The second kappa shape index (κ2) is 5.63. The molecule has 0 saturated carbocycles. The molecule has 0 aromatic carbocycles. The molecule has 1 unspecified atom stereocenters. The fourth-order valence-corrected chi connectivity index (χ4v) is 4.52. The van der Waals surface area contributed by atoms with Crippen molar-refractivity contribution < 1.29 is 4.79 Å². The number of hydrogen-bond donors (Lipinski definition) is 1. The van der Waals surface area contributed by atoms with Crippen LogP contribution in [0, 0.1) is 5.92 Å². The van der Waals surface area contributed by atoms with Crippen molar-refractivity contribution in [3.05, 3.63) is 21.4 Å². The average molecular weight is 278 g/mol. The maximum absolute atomic E-state index is 12.6. The number of aryl methyl sites for hydroxylation is 2. The van der Waals surface area contributed by atoms with Gasteiger partial charge in [0.25, 0.3) is 5.91 Å². The first-order valence-electron chi connectivity index (χ1n) is 7.33. The minimum absolute atomic E-state index is 0.264. The number of amides is 1. The van der Waals surface area contributed by atoms with Crippen molar-refractivity contribution in [3.63, 3.8) is 0 Å². The molecular formula is C15H22N2OS. The van der Waals surface area contributed by atoms with Crippen LogP contribution in [0.5, 0.6) is 0 Å². The number of hydrogen-bond acceptors (Lipinski definition) is 3. The molecule has 1 atom stereocenters. The highest BCUT2D eigenvalue weighted by atomic mass is 32.1. The Kier molecular flexibility index (Phi) is 3.89. The van der Waals surface area contributed by atoms with Crippen LogP contribution < -0.4 is 5.32 Å². The highest BCUT2D eigenvalue weighted by Gasteiger charge is 2.26. The van der Waals surface area contributed by atoms with Gasteiger partial charge in [-0.05, 0) is 63.2 Å². The van der Waals surface area contributed by atoms with Crippen molar-refractivity contribution in [2.75, 3.05) is 26.7 Å². The SMILES string of the molecule is CNCC1CCCN(C(=O)c2cc3c(s2)CCC3)C1. The number of rotatable bonds is 3. The van der Waals surface area contributed by atoms with E-state index in [1.54, 1.807) is 11.3 Å². The van der Waals surface area contributed by atoms with E-state index in [2.05, 4.69) is 16.3 Å². The molecular weight excluding hydrogens is 256 g/mol. The van der Waals surface area contributed by atoms with Gasteiger partial charge in [0.15, 0.2) is 0 Å². The quantitative estimate of drug-likeness (QED) is 0.920. The summed E-state index contributed by atoms with van der Waals surface area (Å²) in [5.74, 6) is 0.884. The molecule has 4 heteroatoms. The van der Waals surface area contributed by atoms with Gasteiger partial charge in [-0.25, -0.2) is 0 Å². The fraction of sp³-hybridized carbons (Fsp3) is 0.667. The van der Waals surface area contributed by atoms with Crippen molar-refractivity contribution in [2.24, 2.45) is 5.92 Å². The number of carbonyl (C=O) groups excluding carboxylic acids is 1. The topological polar surface area (TPSA) is 32.3 Å². The summed E-state index contributed by atoms with van der Waals surface area (Å²) in [6.45, 7) is 2.87. The van der Waals surface area contributed by atoms with Gasteiger partial charge in [0.2, 0.25) is 0 Å². The first-order valence-corrected chi connectivity index (χ1v) is 8.15. The molecule has 1 N–H and O–H groups in total. The van der Waals surface area contributed by atoms with E-state index < -0.39 is 0 Å². The zero-order chi connectivity index (χ0) is 13.2. The third kappa shape index (κ3) is 2.70. The van der Waals surface area contributed by atoms with E-state index in [4.69, 9.17) is 0 Å². The summed E-state index contributed by atoms with van der Waals surface area (Å²) < 4.78 is 0. The Morgan fingerprint density at radius 2 is 2.37 bits per heavy atom. The van der Waals surface area contributed by atoms with Gasteiger partial charge in [0.05, 0.1) is 4.88 Å². The van der Waals surface area contributed by atoms with Crippen molar-refractivity contribution >= 4 is 17.2 Å². The molecule has 104 valence electrons. The predicted molar refractivity (Wildman–Crippen MR) is 78.9 cm³/mol. The summed E-state index contributed by atoms with van der Waals surface area (Å²) in [5, 5.41) is 3.23. The Hall–Kier alpha value is -0.870. The largest absolute Gasteiger partial charge is 0.338 e. The second-order valence-electron chi connectivity index (χ2n) is 5.73. The van der Waals surface area contributed by atoms with Crippen LogP contribution in [-0.4, -0.2) is 37.5 Å². The van der Waals surface area contributed by atoms with Gasteiger partial charge in [-0.2, -0.15) is 0 Å². The predicted octanol–water partition coefficient (Wildman–Crippen LogP) is 2.31. The van der Waals surface area contributed by atoms with Crippen molar-refractivity contribution in [1.82, 2.24) is 10.2 Å². The molecule has 1 amide bonds. The fourth-order valence-electron chi connectivity index (χ4n) is 3.30. The number of likely N-dealkylation sites (tertiary alicyclic amines) is 1. The normalized spacial score (nSPS) is 22.6. The van der Waals surface area contributed by atoms with Crippen molar-refractivity contribution in [1.29, 1.82) is 0 Å². The van der Waals surface area contributed by atoms with E-state index in [9.17, 15) is 4.79 Å². The number of carbonyl (C=O) groups is 1. The number of fused-ring (bicyclic) bond motifs is 1. The summed E-state index contributed by atoms with van der Waals surface area (Å²) in [5.41, 5.74) is 1.43. The number of nitrogens with one attached hydrogen (secondary N) is 1. The van der Waals surface area contributed by atoms with Crippen molar-refractivity contribution in [3.8, 4) is 0 Å². The summed E-state index contributed by atoms with van der Waals surface area (Å²) in [6, 6.07) is 2.15. The van der Waals surface area contributed by atoms with Crippen LogP contribution in [0.3, 0.4) is 0 Å². The Balaban J connectivity index is 1.68. The van der Waals surface area contributed by atoms with Gasteiger partial charge < -0.3 is 10.2 Å². The zero-order valence-electron chi connectivity index (χ0n) is 11.6. The molecule has 3 rings (SSSR count). The number of nitrogens with zero attached hydrogens (tertiary/aromatic N) is 1. The molecule has 1 aliphatic heterocycles. The first kappa shape index (κ1) is 13.1. The van der Waals surface area contributed by atoms with Gasteiger partial charge in [0, 0.05) is 18.0 Å². The van der Waals surface area contributed by atoms with E-state index in [0.717, 1.165) is 30.9 Å². The van der Waals surface area contributed by atoms with Gasteiger partial charge in [0.1, 0.15) is 0 Å². The van der Waals surface area contributed by atoms with Crippen LogP contribution in [-0.2, 0) is 12.8 Å². The number of piperidine rings is 1. The lowest BCUT2D eigenvalue weighted by Crippen LogP contribution is -2.42. The Morgan fingerprint density at radius 1 is 1.47 bits per heavy atom. The van der Waals surface area contributed by atoms with Crippen LogP contribution in [0.4, 0.5) is 0 Å². The molecule has 0 spiro atoms. The maximum Gasteiger partial charge on any atom is 0.263 e. The molecule has 3 nitrogen and oxygen atoms in total. The standard InChI is InChI=1S/C15H22N2OS/c1-16-9-11-4-3-7-17(10-11)15(18)14-8-12-5-2-6-13(12)19-14/h8,11,16H,2-7,9-10H2,1H3. The first-order chi connectivity index (χ1) is 9.28. The summed E-state index contributed by atoms with van der Waals surface area (Å²) in [7, 11) is 1.99. The molecule has 19 heavy (non-hydrogen) atoms. The summed E-state index contributed by atoms with van der Waals surface area (Å²) >= 11 is 1.73. The van der Waals surface area contributed by atoms with E-state index in [-0.39, 0.29) is 5.91 Å². The lowest BCUT2D eigenvalue weighted by atomic mass is 9.98. The minimum atomic E-state index is 0.264. The third-order valence-corrected chi connectivity index (χ3v) is 5.48.